The number of benzene rings is 3. The Hall–Kier alpha value is -3.52. The summed E-state index contributed by atoms with van der Waals surface area (Å²) in [6.07, 6.45) is 4.15. The highest BCUT2D eigenvalue weighted by molar-refractivity contribution is 9.10. The van der Waals surface area contributed by atoms with Crippen LogP contribution < -0.4 is 15.0 Å². The average Bonchev–Trinajstić information content (AvgIpc) is 2.88. The van der Waals surface area contributed by atoms with Crippen molar-refractivity contribution in [1.29, 1.82) is 0 Å². The molecule has 0 N–H and O–H groups in total. The number of fused-ring (bicyclic) bond motifs is 1. The Morgan fingerprint density at radius 3 is 2.58 bits per heavy atom. The van der Waals surface area contributed by atoms with Crippen molar-refractivity contribution in [3.63, 3.8) is 0 Å². The first-order valence-corrected chi connectivity index (χ1v) is 12.7. The van der Waals surface area contributed by atoms with Crippen molar-refractivity contribution in [3.05, 3.63) is 98.3 Å². The van der Waals surface area contributed by atoms with E-state index in [1.807, 2.05) is 31.2 Å². The molecule has 0 fully saturated rings. The maximum atomic E-state index is 13.3. The lowest BCUT2D eigenvalue weighted by molar-refractivity contribution is 0.269. The summed E-state index contributed by atoms with van der Waals surface area (Å²) in [4.78, 5) is 18.0. The average molecular weight is 552 g/mol. The Morgan fingerprint density at radius 2 is 1.83 bits per heavy atom. The summed E-state index contributed by atoms with van der Waals surface area (Å²) in [7, 11) is 0. The molecule has 0 saturated carbocycles. The maximum Gasteiger partial charge on any atom is 0.282 e. The minimum Gasteiger partial charge on any atom is -0.490 e. The second-order valence-corrected chi connectivity index (χ2v) is 9.12. The number of hydrogen-bond donors (Lipinski definition) is 0. The van der Waals surface area contributed by atoms with E-state index in [0.717, 1.165) is 28.4 Å². The van der Waals surface area contributed by atoms with E-state index in [1.165, 1.54) is 16.8 Å². The van der Waals surface area contributed by atoms with E-state index >= 15 is 0 Å². The largest absolute Gasteiger partial charge is 0.490 e. The van der Waals surface area contributed by atoms with Gasteiger partial charge in [-0.3, -0.25) is 4.79 Å². The van der Waals surface area contributed by atoms with Crippen LogP contribution in [-0.2, 0) is 13.0 Å². The number of aromatic nitrogens is 2. The van der Waals surface area contributed by atoms with Crippen LogP contribution in [0.4, 0.5) is 4.39 Å². The molecule has 3 aromatic carbocycles. The third kappa shape index (κ3) is 6.18. The Labute approximate surface area is 217 Å². The lowest BCUT2D eigenvalue weighted by Gasteiger charge is -2.13. The minimum atomic E-state index is -0.288. The molecule has 1 aromatic heterocycles. The first-order valence-electron chi connectivity index (χ1n) is 11.9. The second kappa shape index (κ2) is 11.9. The standard InChI is InChI=1S/C28H27BrFN3O3/c1-3-5-6-27-32-24-13-10-21(29)16-23(24)28(34)33(27)31-17-20-9-14-25(26(15-20)35-4-2)36-18-19-7-11-22(30)12-8-19/h7-17H,3-6,18H2,1-2H3. The van der Waals surface area contributed by atoms with Crippen LogP contribution in [-0.4, -0.2) is 22.5 Å². The number of aryl methyl sites for hydroxylation is 1. The zero-order valence-corrected chi connectivity index (χ0v) is 21.8. The molecule has 0 unspecified atom stereocenters. The lowest BCUT2D eigenvalue weighted by Crippen LogP contribution is -2.22. The molecule has 0 radical (unpaired) electrons. The van der Waals surface area contributed by atoms with Crippen molar-refractivity contribution in [2.75, 3.05) is 6.61 Å². The first-order chi connectivity index (χ1) is 17.5. The molecule has 6 nitrogen and oxygen atoms in total. The summed E-state index contributed by atoms with van der Waals surface area (Å²) in [5.74, 6) is 1.46. The number of nitrogens with zero attached hydrogens (tertiary/aromatic N) is 3. The van der Waals surface area contributed by atoms with Crippen LogP contribution in [0.5, 0.6) is 11.5 Å². The minimum absolute atomic E-state index is 0.215. The van der Waals surface area contributed by atoms with Gasteiger partial charge in [-0.15, -0.1) is 0 Å². The molecule has 0 aliphatic rings. The third-order valence-electron chi connectivity index (χ3n) is 5.53. The molecular weight excluding hydrogens is 525 g/mol. The van der Waals surface area contributed by atoms with Gasteiger partial charge >= 0.3 is 0 Å². The zero-order chi connectivity index (χ0) is 25.5. The molecule has 0 saturated heterocycles. The SMILES string of the molecule is CCCCc1nc2ccc(Br)cc2c(=O)n1N=Cc1ccc(OCc2ccc(F)cc2)c(OCC)c1. The van der Waals surface area contributed by atoms with Crippen LogP contribution in [0.3, 0.4) is 0 Å². The van der Waals surface area contributed by atoms with E-state index < -0.39 is 0 Å². The predicted octanol–water partition coefficient (Wildman–Crippen LogP) is 6.50. The molecule has 0 amide bonds. The Bertz CT molecular complexity index is 1430. The van der Waals surface area contributed by atoms with E-state index in [0.29, 0.717) is 41.3 Å². The van der Waals surface area contributed by atoms with Crippen molar-refractivity contribution in [2.45, 2.75) is 39.7 Å². The summed E-state index contributed by atoms with van der Waals surface area (Å²) in [5, 5.41) is 5.01. The number of ether oxygens (including phenoxy) is 2. The molecule has 1 heterocycles. The maximum absolute atomic E-state index is 13.3. The summed E-state index contributed by atoms with van der Waals surface area (Å²) in [5.41, 5.74) is 2.03. The third-order valence-corrected chi connectivity index (χ3v) is 6.02. The lowest BCUT2D eigenvalue weighted by atomic mass is 10.2. The fourth-order valence-electron chi connectivity index (χ4n) is 3.67. The zero-order valence-electron chi connectivity index (χ0n) is 20.2. The second-order valence-electron chi connectivity index (χ2n) is 8.21. The van der Waals surface area contributed by atoms with E-state index in [9.17, 15) is 9.18 Å². The van der Waals surface area contributed by atoms with Gasteiger partial charge in [0.1, 0.15) is 18.2 Å². The summed E-state index contributed by atoms with van der Waals surface area (Å²) < 4.78 is 27.0. The van der Waals surface area contributed by atoms with Crippen LogP contribution in [0.25, 0.3) is 10.9 Å². The van der Waals surface area contributed by atoms with Crippen molar-refractivity contribution >= 4 is 33.0 Å². The molecule has 0 aliphatic carbocycles. The Kier molecular flexibility index (Phi) is 8.48. The van der Waals surface area contributed by atoms with Gasteiger partial charge in [0.15, 0.2) is 11.5 Å². The van der Waals surface area contributed by atoms with Gasteiger partial charge in [0.05, 0.1) is 23.7 Å². The molecule has 0 spiro atoms. The van der Waals surface area contributed by atoms with Crippen LogP contribution in [0.15, 0.2) is 75.0 Å². The highest BCUT2D eigenvalue weighted by Gasteiger charge is 2.12. The van der Waals surface area contributed by atoms with Crippen LogP contribution >= 0.6 is 15.9 Å². The Morgan fingerprint density at radius 1 is 1.03 bits per heavy atom. The molecule has 36 heavy (non-hydrogen) atoms. The first kappa shape index (κ1) is 25.6. The van der Waals surface area contributed by atoms with Gasteiger partial charge in [-0.1, -0.05) is 41.4 Å². The highest BCUT2D eigenvalue weighted by Crippen LogP contribution is 2.29. The number of unbranched alkanes of at least 4 members (excludes halogenated alkanes) is 1. The summed E-state index contributed by atoms with van der Waals surface area (Å²) in [6, 6.07) is 17.1. The molecule has 186 valence electrons. The molecule has 0 aliphatic heterocycles. The van der Waals surface area contributed by atoms with Crippen LogP contribution in [0.2, 0.25) is 0 Å². The fourth-order valence-corrected chi connectivity index (χ4v) is 4.03. The van der Waals surface area contributed by atoms with Crippen molar-refractivity contribution in [3.8, 4) is 11.5 Å². The quantitative estimate of drug-likeness (QED) is 0.211. The van der Waals surface area contributed by atoms with Crippen LogP contribution in [0.1, 0.15) is 43.6 Å². The van der Waals surface area contributed by atoms with Crippen LogP contribution in [0, 0.1) is 5.82 Å². The number of halogens is 2. The highest BCUT2D eigenvalue weighted by atomic mass is 79.9. The fraction of sp³-hybridized carbons (Fsp3) is 0.250. The smallest absolute Gasteiger partial charge is 0.282 e. The van der Waals surface area contributed by atoms with E-state index in [1.54, 1.807) is 30.5 Å². The summed E-state index contributed by atoms with van der Waals surface area (Å²) in [6.45, 7) is 4.72. The predicted molar refractivity (Wildman–Crippen MR) is 144 cm³/mol. The normalized spacial score (nSPS) is 11.3. The van der Waals surface area contributed by atoms with Gasteiger partial charge in [0, 0.05) is 10.9 Å². The van der Waals surface area contributed by atoms with E-state index in [2.05, 4.69) is 28.0 Å². The van der Waals surface area contributed by atoms with Gasteiger partial charge in [-0.2, -0.15) is 9.78 Å². The molecule has 4 aromatic rings. The molecular formula is C28H27BrFN3O3. The Balaban J connectivity index is 1.63. The van der Waals surface area contributed by atoms with Gasteiger partial charge < -0.3 is 9.47 Å². The van der Waals surface area contributed by atoms with Crippen molar-refractivity contribution in [1.82, 2.24) is 9.66 Å². The van der Waals surface area contributed by atoms with Gasteiger partial charge in [-0.05, 0) is 73.0 Å². The van der Waals surface area contributed by atoms with Gasteiger partial charge in [-0.25, -0.2) is 9.37 Å². The van der Waals surface area contributed by atoms with Crippen molar-refractivity contribution < 1.29 is 13.9 Å². The number of hydrogen-bond acceptors (Lipinski definition) is 5. The van der Waals surface area contributed by atoms with Gasteiger partial charge in [0.25, 0.3) is 5.56 Å². The molecule has 8 heteroatoms. The molecule has 0 atom stereocenters. The van der Waals surface area contributed by atoms with E-state index in [-0.39, 0.29) is 18.0 Å². The number of rotatable bonds is 10. The summed E-state index contributed by atoms with van der Waals surface area (Å²) >= 11 is 3.43. The van der Waals surface area contributed by atoms with E-state index in [4.69, 9.17) is 14.5 Å². The van der Waals surface area contributed by atoms with Gasteiger partial charge in [0.2, 0.25) is 0 Å². The topological polar surface area (TPSA) is 65.7 Å². The molecule has 4 rings (SSSR count). The molecule has 0 bridgehead atoms. The monoisotopic (exact) mass is 551 g/mol. The van der Waals surface area contributed by atoms with Crippen molar-refractivity contribution in [2.24, 2.45) is 5.10 Å².